The Morgan fingerprint density at radius 3 is 2.88 bits per heavy atom. The van der Waals surface area contributed by atoms with Gasteiger partial charge < -0.3 is 10.1 Å². The van der Waals surface area contributed by atoms with Crippen molar-refractivity contribution in [2.75, 3.05) is 13.7 Å². The highest BCUT2D eigenvalue weighted by Gasteiger charge is 2.14. The van der Waals surface area contributed by atoms with Crippen molar-refractivity contribution in [3.8, 4) is 0 Å². The lowest BCUT2D eigenvalue weighted by molar-refractivity contribution is -0.139. The highest BCUT2D eigenvalue weighted by Crippen LogP contribution is 2.09. The molecule has 0 spiro atoms. The second-order valence-electron chi connectivity index (χ2n) is 3.36. The lowest BCUT2D eigenvalue weighted by Crippen LogP contribution is -2.29. The Kier molecular flexibility index (Phi) is 5.76. The third-order valence-electron chi connectivity index (χ3n) is 2.10. The third-order valence-corrected chi connectivity index (χ3v) is 3.05. The molecule has 0 aliphatic carbocycles. The van der Waals surface area contributed by atoms with Crippen LogP contribution >= 0.6 is 22.6 Å². The molecule has 94 valence electrons. The number of halogens is 3. The van der Waals surface area contributed by atoms with Gasteiger partial charge in [-0.3, -0.25) is 4.79 Å². The van der Waals surface area contributed by atoms with Crippen molar-refractivity contribution in [2.24, 2.45) is 0 Å². The molecule has 0 saturated heterocycles. The van der Waals surface area contributed by atoms with Gasteiger partial charge >= 0.3 is 5.97 Å². The van der Waals surface area contributed by atoms with Crippen LogP contribution in [0.2, 0.25) is 0 Å². The lowest BCUT2D eigenvalue weighted by atomic mass is 10.2. The van der Waals surface area contributed by atoms with Gasteiger partial charge in [0.1, 0.15) is 15.6 Å². The number of nitrogens with one attached hydrogen (secondary N) is 1. The van der Waals surface area contributed by atoms with E-state index in [2.05, 4.69) is 10.1 Å². The molecule has 1 aromatic carbocycles. The predicted octanol–water partition coefficient (Wildman–Crippen LogP) is 2.03. The summed E-state index contributed by atoms with van der Waals surface area (Å²) < 4.78 is 30.2. The van der Waals surface area contributed by atoms with E-state index in [4.69, 9.17) is 0 Å². The summed E-state index contributed by atoms with van der Waals surface area (Å²) in [5.41, 5.74) is 0.235. The number of benzene rings is 1. The molecule has 1 atom stereocenters. The molecule has 0 aliphatic heterocycles. The van der Waals surface area contributed by atoms with Gasteiger partial charge in [-0.05, 0) is 18.2 Å². The monoisotopic (exact) mass is 355 g/mol. The molecule has 6 heteroatoms. The molecule has 3 nitrogen and oxygen atoms in total. The van der Waals surface area contributed by atoms with Gasteiger partial charge in [-0.15, -0.1) is 0 Å². The number of esters is 1. The number of hydrogen-bond acceptors (Lipinski definition) is 3. The fourth-order valence-electron chi connectivity index (χ4n) is 1.22. The van der Waals surface area contributed by atoms with Gasteiger partial charge in [0.15, 0.2) is 0 Å². The van der Waals surface area contributed by atoms with Crippen molar-refractivity contribution < 1.29 is 18.3 Å². The number of alkyl halides is 1. The summed E-state index contributed by atoms with van der Waals surface area (Å²) in [4.78, 5) is 11.1. The summed E-state index contributed by atoms with van der Waals surface area (Å²) in [6, 6.07) is 3.27. The number of ether oxygens (including phenoxy) is 1. The molecule has 0 fully saturated rings. The smallest absolute Gasteiger partial charge is 0.319 e. The summed E-state index contributed by atoms with van der Waals surface area (Å²) in [5, 5.41) is 2.87. The van der Waals surface area contributed by atoms with E-state index >= 15 is 0 Å². The van der Waals surface area contributed by atoms with Crippen LogP contribution in [-0.4, -0.2) is 23.5 Å². The molecule has 1 aromatic rings. The molecular weight excluding hydrogens is 343 g/mol. The Hall–Kier alpha value is -0.760. The molecule has 17 heavy (non-hydrogen) atoms. The normalized spacial score (nSPS) is 12.2. The van der Waals surface area contributed by atoms with Gasteiger partial charge in [-0.1, -0.05) is 22.6 Å². The van der Waals surface area contributed by atoms with Gasteiger partial charge in [-0.25, -0.2) is 8.78 Å². The standard InChI is InChI=1S/C11H12F2INO2/c1-17-11(16)10(14)6-15-5-7-4-8(12)2-3-9(7)13/h2-4,10,15H,5-6H2,1H3. The summed E-state index contributed by atoms with van der Waals surface area (Å²) in [6.07, 6.45) is 0. The summed E-state index contributed by atoms with van der Waals surface area (Å²) >= 11 is 1.92. The number of carbonyl (C=O) groups excluding carboxylic acids is 1. The number of methoxy groups -OCH3 is 1. The minimum Gasteiger partial charge on any atom is -0.468 e. The Balaban J connectivity index is 2.45. The highest BCUT2D eigenvalue weighted by molar-refractivity contribution is 14.1. The predicted molar refractivity (Wildman–Crippen MR) is 67.9 cm³/mol. The van der Waals surface area contributed by atoms with Crippen molar-refractivity contribution in [3.05, 3.63) is 35.4 Å². The van der Waals surface area contributed by atoms with Crippen molar-refractivity contribution in [1.82, 2.24) is 5.32 Å². The molecule has 0 radical (unpaired) electrons. The second kappa shape index (κ2) is 6.85. The van der Waals surface area contributed by atoms with E-state index in [1.807, 2.05) is 22.6 Å². The van der Waals surface area contributed by atoms with E-state index < -0.39 is 11.6 Å². The Labute approximate surface area is 112 Å². The van der Waals surface area contributed by atoms with Crippen LogP contribution in [0.3, 0.4) is 0 Å². The first-order valence-corrected chi connectivity index (χ1v) is 6.15. The molecule has 1 N–H and O–H groups in total. The zero-order chi connectivity index (χ0) is 12.8. The first-order valence-electron chi connectivity index (χ1n) is 4.91. The Bertz CT molecular complexity index is 401. The van der Waals surface area contributed by atoms with E-state index in [0.717, 1.165) is 18.2 Å². The summed E-state index contributed by atoms with van der Waals surface area (Å²) in [5.74, 6) is -1.30. The van der Waals surface area contributed by atoms with E-state index in [0.29, 0.717) is 6.54 Å². The van der Waals surface area contributed by atoms with Crippen LogP contribution in [0.15, 0.2) is 18.2 Å². The van der Waals surface area contributed by atoms with Crippen LogP contribution in [0.4, 0.5) is 8.78 Å². The quantitative estimate of drug-likeness (QED) is 0.499. The molecule has 0 heterocycles. The SMILES string of the molecule is COC(=O)C(I)CNCc1cc(F)ccc1F. The highest BCUT2D eigenvalue weighted by atomic mass is 127. The molecule has 0 saturated carbocycles. The Morgan fingerprint density at radius 2 is 2.24 bits per heavy atom. The van der Waals surface area contributed by atoms with Crippen LogP contribution in [0, 0.1) is 11.6 Å². The number of hydrogen-bond donors (Lipinski definition) is 1. The number of carbonyl (C=O) groups is 1. The average molecular weight is 355 g/mol. The molecule has 0 aliphatic rings. The van der Waals surface area contributed by atoms with Gasteiger partial charge in [0, 0.05) is 18.7 Å². The van der Waals surface area contributed by atoms with E-state index in [-0.39, 0.29) is 22.0 Å². The van der Waals surface area contributed by atoms with Gasteiger partial charge in [0.25, 0.3) is 0 Å². The maximum Gasteiger partial charge on any atom is 0.319 e. The van der Waals surface area contributed by atoms with Gasteiger partial charge in [-0.2, -0.15) is 0 Å². The summed E-state index contributed by atoms with van der Waals surface area (Å²) in [7, 11) is 1.31. The maximum absolute atomic E-state index is 13.2. The minimum atomic E-state index is -0.484. The fraction of sp³-hybridized carbons (Fsp3) is 0.364. The van der Waals surface area contributed by atoms with Crippen molar-refractivity contribution in [2.45, 2.75) is 10.5 Å². The Morgan fingerprint density at radius 1 is 1.53 bits per heavy atom. The van der Waals surface area contributed by atoms with Crippen LogP contribution in [0.5, 0.6) is 0 Å². The largest absolute Gasteiger partial charge is 0.468 e. The third kappa shape index (κ3) is 4.55. The second-order valence-corrected chi connectivity index (χ2v) is 4.86. The van der Waals surface area contributed by atoms with E-state index in [1.165, 1.54) is 7.11 Å². The van der Waals surface area contributed by atoms with Crippen molar-refractivity contribution in [3.63, 3.8) is 0 Å². The van der Waals surface area contributed by atoms with Crippen molar-refractivity contribution >= 4 is 28.6 Å². The fourth-order valence-corrected chi connectivity index (χ4v) is 1.79. The lowest BCUT2D eigenvalue weighted by Gasteiger charge is -2.09. The van der Waals surface area contributed by atoms with Crippen LogP contribution in [0.1, 0.15) is 5.56 Å². The van der Waals surface area contributed by atoms with E-state index in [1.54, 1.807) is 0 Å². The maximum atomic E-state index is 13.2. The zero-order valence-electron chi connectivity index (χ0n) is 9.17. The molecule has 0 bridgehead atoms. The molecule has 1 unspecified atom stereocenters. The molecule has 0 amide bonds. The van der Waals surface area contributed by atoms with Crippen molar-refractivity contribution in [1.29, 1.82) is 0 Å². The average Bonchev–Trinajstić information content (AvgIpc) is 2.32. The zero-order valence-corrected chi connectivity index (χ0v) is 11.3. The summed E-state index contributed by atoms with van der Waals surface area (Å²) in [6.45, 7) is 0.503. The van der Waals surface area contributed by atoms with Crippen LogP contribution in [-0.2, 0) is 16.1 Å². The topological polar surface area (TPSA) is 38.3 Å². The van der Waals surface area contributed by atoms with Gasteiger partial charge in [0.2, 0.25) is 0 Å². The molecular formula is C11H12F2INO2. The van der Waals surface area contributed by atoms with Gasteiger partial charge in [0.05, 0.1) is 7.11 Å². The van der Waals surface area contributed by atoms with Crippen LogP contribution in [0.25, 0.3) is 0 Å². The first-order chi connectivity index (χ1) is 8.04. The minimum absolute atomic E-state index is 0.167. The number of rotatable bonds is 5. The van der Waals surface area contributed by atoms with E-state index in [9.17, 15) is 13.6 Å². The molecule has 1 rings (SSSR count). The molecule has 0 aromatic heterocycles. The van der Waals surface area contributed by atoms with Crippen LogP contribution < -0.4 is 5.32 Å². The first kappa shape index (κ1) is 14.3.